The second-order valence-corrected chi connectivity index (χ2v) is 6.21. The molecule has 1 N–H and O–H groups in total. The molecule has 1 saturated heterocycles. The smallest absolute Gasteiger partial charge is 0.260 e. The molecule has 1 aromatic heterocycles. The number of fused-ring (bicyclic) bond motifs is 1. The number of anilines is 1. The molecule has 0 unspecified atom stereocenters. The predicted molar refractivity (Wildman–Crippen MR) is 89.2 cm³/mol. The Morgan fingerprint density at radius 2 is 2.08 bits per heavy atom. The van der Waals surface area contributed by atoms with Gasteiger partial charge in [-0.15, -0.1) is 0 Å². The largest absolute Gasteiger partial charge is 0.483 e. The van der Waals surface area contributed by atoms with Crippen LogP contribution in [0.25, 0.3) is 0 Å². The number of rotatable bonds is 4. The van der Waals surface area contributed by atoms with Gasteiger partial charge in [-0.3, -0.25) is 14.9 Å². The van der Waals surface area contributed by atoms with Gasteiger partial charge in [-0.2, -0.15) is 10.1 Å². The number of carbonyl (C=O) groups excluding carboxylic acids is 2. The van der Waals surface area contributed by atoms with Crippen LogP contribution in [0.5, 0.6) is 5.75 Å². The van der Waals surface area contributed by atoms with Crippen molar-refractivity contribution >= 4 is 17.8 Å². The molecule has 1 fully saturated rings. The summed E-state index contributed by atoms with van der Waals surface area (Å²) in [6.45, 7) is 1.60. The summed E-state index contributed by atoms with van der Waals surface area (Å²) in [5.74, 6) is 0.893. The standard InChI is InChI=1S/C17H19N5O3/c23-15-9-13(22-17(20-15)18-11-19-22)12-5-1-2-6-14(12)25-10-16(24)21-7-3-4-8-21/h1-2,5-6,11,13H,3-4,7-10H2,(H,18,19,20,23)/t13-/m1/s1. The van der Waals surface area contributed by atoms with Gasteiger partial charge in [-0.05, 0) is 18.9 Å². The zero-order valence-electron chi connectivity index (χ0n) is 13.7. The highest BCUT2D eigenvalue weighted by atomic mass is 16.5. The van der Waals surface area contributed by atoms with Gasteiger partial charge in [0.2, 0.25) is 11.9 Å². The van der Waals surface area contributed by atoms with Gasteiger partial charge in [0.1, 0.15) is 12.1 Å². The molecular formula is C17H19N5O3. The van der Waals surface area contributed by atoms with Crippen molar-refractivity contribution in [2.75, 3.05) is 25.0 Å². The SMILES string of the molecule is O=C1C[C@H](c2ccccc2OCC(=O)N2CCCC2)n2ncnc2N1. The summed E-state index contributed by atoms with van der Waals surface area (Å²) in [4.78, 5) is 30.1. The first-order valence-corrected chi connectivity index (χ1v) is 8.41. The van der Waals surface area contributed by atoms with Crippen molar-refractivity contribution in [1.82, 2.24) is 19.7 Å². The molecule has 0 spiro atoms. The van der Waals surface area contributed by atoms with Crippen LogP contribution in [0.1, 0.15) is 30.9 Å². The number of carbonyl (C=O) groups is 2. The molecular weight excluding hydrogens is 322 g/mol. The quantitative estimate of drug-likeness (QED) is 0.903. The van der Waals surface area contributed by atoms with Crippen molar-refractivity contribution in [3.8, 4) is 5.75 Å². The molecule has 2 aromatic rings. The van der Waals surface area contributed by atoms with Gasteiger partial charge in [-0.25, -0.2) is 4.68 Å². The normalized spacial score (nSPS) is 19.4. The average Bonchev–Trinajstić information content (AvgIpc) is 3.30. The van der Waals surface area contributed by atoms with Crippen molar-refractivity contribution < 1.29 is 14.3 Å². The molecule has 2 amide bonds. The Morgan fingerprint density at radius 3 is 2.92 bits per heavy atom. The summed E-state index contributed by atoms with van der Waals surface area (Å²) in [6, 6.07) is 7.14. The maximum absolute atomic E-state index is 12.2. The predicted octanol–water partition coefficient (Wildman–Crippen LogP) is 1.21. The van der Waals surface area contributed by atoms with E-state index in [9.17, 15) is 9.59 Å². The zero-order valence-corrected chi connectivity index (χ0v) is 13.7. The zero-order chi connectivity index (χ0) is 17.2. The fourth-order valence-corrected chi connectivity index (χ4v) is 3.33. The second kappa shape index (κ2) is 6.54. The van der Waals surface area contributed by atoms with E-state index >= 15 is 0 Å². The van der Waals surface area contributed by atoms with Gasteiger partial charge in [-0.1, -0.05) is 18.2 Å². The molecule has 8 heteroatoms. The summed E-state index contributed by atoms with van der Waals surface area (Å²) in [5, 5.41) is 6.90. The number of aromatic nitrogens is 3. The maximum atomic E-state index is 12.2. The van der Waals surface area contributed by atoms with Gasteiger partial charge < -0.3 is 9.64 Å². The van der Waals surface area contributed by atoms with Crippen LogP contribution in [-0.2, 0) is 9.59 Å². The van der Waals surface area contributed by atoms with E-state index in [0.29, 0.717) is 11.7 Å². The van der Waals surface area contributed by atoms with Crippen LogP contribution in [0.2, 0.25) is 0 Å². The Balaban J connectivity index is 1.55. The molecule has 25 heavy (non-hydrogen) atoms. The van der Waals surface area contributed by atoms with Gasteiger partial charge in [0.05, 0.1) is 12.5 Å². The Hall–Kier alpha value is -2.90. The third-order valence-electron chi connectivity index (χ3n) is 4.59. The number of likely N-dealkylation sites (tertiary alicyclic amines) is 1. The van der Waals surface area contributed by atoms with E-state index in [1.54, 1.807) is 4.68 Å². The summed E-state index contributed by atoms with van der Waals surface area (Å²) >= 11 is 0. The molecule has 0 radical (unpaired) electrons. The monoisotopic (exact) mass is 341 g/mol. The number of nitrogens with one attached hydrogen (secondary N) is 1. The van der Waals surface area contributed by atoms with E-state index in [-0.39, 0.29) is 30.9 Å². The van der Waals surface area contributed by atoms with Crippen LogP contribution in [0.3, 0.4) is 0 Å². The van der Waals surface area contributed by atoms with Gasteiger partial charge >= 0.3 is 0 Å². The fourth-order valence-electron chi connectivity index (χ4n) is 3.33. The van der Waals surface area contributed by atoms with E-state index in [2.05, 4.69) is 15.4 Å². The van der Waals surface area contributed by atoms with Crippen LogP contribution in [0, 0.1) is 0 Å². The highest BCUT2D eigenvalue weighted by molar-refractivity contribution is 5.91. The summed E-state index contributed by atoms with van der Waals surface area (Å²) in [5.41, 5.74) is 0.818. The molecule has 0 saturated carbocycles. The molecule has 1 aromatic carbocycles. The number of hydrogen-bond donors (Lipinski definition) is 1. The van der Waals surface area contributed by atoms with Crippen molar-refractivity contribution in [3.63, 3.8) is 0 Å². The van der Waals surface area contributed by atoms with E-state index in [0.717, 1.165) is 31.5 Å². The molecule has 0 bridgehead atoms. The molecule has 8 nitrogen and oxygen atoms in total. The van der Waals surface area contributed by atoms with Crippen molar-refractivity contribution in [1.29, 1.82) is 0 Å². The Kier molecular flexibility index (Phi) is 4.09. The fraction of sp³-hybridized carbons (Fsp3) is 0.412. The number of para-hydroxylation sites is 1. The minimum absolute atomic E-state index is 0.000143. The lowest BCUT2D eigenvalue weighted by atomic mass is 10.0. The molecule has 2 aliphatic rings. The first kappa shape index (κ1) is 15.6. The first-order valence-electron chi connectivity index (χ1n) is 8.41. The Labute approximate surface area is 144 Å². The highest BCUT2D eigenvalue weighted by Gasteiger charge is 2.30. The number of benzene rings is 1. The highest BCUT2D eigenvalue weighted by Crippen LogP contribution is 2.34. The Morgan fingerprint density at radius 1 is 1.28 bits per heavy atom. The van der Waals surface area contributed by atoms with Crippen molar-refractivity contribution in [2.45, 2.75) is 25.3 Å². The van der Waals surface area contributed by atoms with Crippen molar-refractivity contribution in [2.24, 2.45) is 0 Å². The van der Waals surface area contributed by atoms with Gasteiger partial charge in [0.15, 0.2) is 6.61 Å². The Bertz CT molecular complexity index is 797. The van der Waals surface area contributed by atoms with E-state index < -0.39 is 0 Å². The second-order valence-electron chi connectivity index (χ2n) is 6.21. The van der Waals surface area contributed by atoms with E-state index in [4.69, 9.17) is 4.74 Å². The van der Waals surface area contributed by atoms with Crippen LogP contribution in [0.15, 0.2) is 30.6 Å². The number of nitrogens with zero attached hydrogens (tertiary/aromatic N) is 4. The van der Waals surface area contributed by atoms with Crippen LogP contribution < -0.4 is 10.1 Å². The van der Waals surface area contributed by atoms with Gasteiger partial charge in [0, 0.05) is 18.7 Å². The lowest BCUT2D eigenvalue weighted by molar-refractivity contribution is -0.132. The number of ether oxygens (including phenoxy) is 1. The van der Waals surface area contributed by atoms with Crippen LogP contribution >= 0.6 is 0 Å². The van der Waals surface area contributed by atoms with E-state index in [1.807, 2.05) is 29.2 Å². The lowest BCUT2D eigenvalue weighted by Crippen LogP contribution is -2.33. The average molecular weight is 341 g/mol. The lowest BCUT2D eigenvalue weighted by Gasteiger charge is -2.25. The third-order valence-corrected chi connectivity index (χ3v) is 4.59. The molecule has 3 heterocycles. The summed E-state index contributed by atoms with van der Waals surface area (Å²) in [6.07, 6.45) is 3.76. The van der Waals surface area contributed by atoms with Crippen LogP contribution in [-0.4, -0.2) is 51.2 Å². The van der Waals surface area contributed by atoms with Crippen LogP contribution in [0.4, 0.5) is 5.95 Å². The van der Waals surface area contributed by atoms with E-state index in [1.165, 1.54) is 6.33 Å². The topological polar surface area (TPSA) is 89.4 Å². The molecule has 4 rings (SSSR count). The minimum atomic E-state index is -0.302. The molecule has 0 aliphatic carbocycles. The number of hydrogen-bond acceptors (Lipinski definition) is 5. The minimum Gasteiger partial charge on any atom is -0.483 e. The van der Waals surface area contributed by atoms with Gasteiger partial charge in [0.25, 0.3) is 5.91 Å². The first-order chi connectivity index (χ1) is 12.2. The maximum Gasteiger partial charge on any atom is 0.260 e. The molecule has 2 aliphatic heterocycles. The molecule has 1 atom stereocenters. The number of amides is 2. The summed E-state index contributed by atoms with van der Waals surface area (Å²) < 4.78 is 7.48. The third kappa shape index (κ3) is 3.07. The summed E-state index contributed by atoms with van der Waals surface area (Å²) in [7, 11) is 0. The van der Waals surface area contributed by atoms with Crippen molar-refractivity contribution in [3.05, 3.63) is 36.2 Å². The molecule has 130 valence electrons.